The number of Topliss-reactive ketones (excluding diaryl/α,β-unsaturated/α-hetero) is 1. The first kappa shape index (κ1) is 35.7. The molecule has 1 aromatic carbocycles. The van der Waals surface area contributed by atoms with Crippen molar-refractivity contribution in [1.82, 2.24) is 20.3 Å². The molecule has 0 spiro atoms. The van der Waals surface area contributed by atoms with Gasteiger partial charge in [-0.1, -0.05) is 44.7 Å². The zero-order valence-corrected chi connectivity index (χ0v) is 30.2. The molecule has 0 radical (unpaired) electrons. The highest BCUT2D eigenvalue weighted by Gasteiger charge is 2.62. The molecular weight excluding hydrogens is 673 g/mol. The zero-order chi connectivity index (χ0) is 35.8. The molecule has 6 atom stereocenters. The summed E-state index contributed by atoms with van der Waals surface area (Å²) in [6.07, 6.45) is 10.7. The first-order valence-corrected chi connectivity index (χ1v) is 20.5. The topological polar surface area (TPSA) is 170 Å². The number of alkyl carbamates (subject to hydrolysis) is 1. The molecule has 7 rings (SSSR count). The number of carbonyl (C=O) groups excluding carboxylic acids is 4. The van der Waals surface area contributed by atoms with Gasteiger partial charge in [-0.3, -0.25) is 19.1 Å². The normalized spacial score (nSPS) is 30.7. The lowest BCUT2D eigenvalue weighted by Crippen LogP contribution is -2.55. The van der Waals surface area contributed by atoms with Crippen molar-refractivity contribution in [3.05, 3.63) is 36.0 Å². The Labute approximate surface area is 299 Å². The molecule has 1 aromatic heterocycles. The lowest BCUT2D eigenvalue weighted by atomic mass is 9.77. The van der Waals surface area contributed by atoms with Gasteiger partial charge in [-0.15, -0.1) is 0 Å². The van der Waals surface area contributed by atoms with Gasteiger partial charge in [0.1, 0.15) is 11.6 Å². The van der Waals surface area contributed by atoms with E-state index in [0.29, 0.717) is 38.0 Å². The Hall–Kier alpha value is -3.74. The number of hydrogen-bond donors (Lipinski definition) is 3. The fourth-order valence-corrected chi connectivity index (χ4v) is 10.0. The van der Waals surface area contributed by atoms with Crippen molar-refractivity contribution in [1.29, 1.82) is 0 Å². The maximum atomic E-state index is 14.7. The number of fused-ring (bicyclic) bond motifs is 3. The van der Waals surface area contributed by atoms with Crippen LogP contribution in [0.3, 0.4) is 0 Å². The third-order valence-electron chi connectivity index (χ3n) is 11.9. The fourth-order valence-electron chi connectivity index (χ4n) is 8.65. The summed E-state index contributed by atoms with van der Waals surface area (Å²) in [5.74, 6) is -3.03. The van der Waals surface area contributed by atoms with Gasteiger partial charge in [0, 0.05) is 17.5 Å². The Morgan fingerprint density at radius 2 is 1.78 bits per heavy atom. The number of rotatable bonds is 7. The minimum Gasteiger partial charge on any atom is -0.474 e. The maximum Gasteiger partial charge on any atom is 0.407 e. The monoisotopic (exact) mass is 722 g/mol. The van der Waals surface area contributed by atoms with Crippen molar-refractivity contribution in [2.75, 3.05) is 6.61 Å². The first-order valence-electron chi connectivity index (χ1n) is 19.0. The summed E-state index contributed by atoms with van der Waals surface area (Å²) in [5, 5.41) is 7.11. The van der Waals surface area contributed by atoms with Gasteiger partial charge in [0.2, 0.25) is 21.8 Å². The van der Waals surface area contributed by atoms with Gasteiger partial charge < -0.3 is 20.1 Å². The average Bonchev–Trinajstić information content (AvgIpc) is 4.05. The van der Waals surface area contributed by atoms with Crippen LogP contribution in [-0.2, 0) is 35.6 Å². The molecule has 3 N–H and O–H groups in total. The van der Waals surface area contributed by atoms with Crippen molar-refractivity contribution >= 4 is 44.5 Å². The van der Waals surface area contributed by atoms with Gasteiger partial charge in [0.05, 0.1) is 23.8 Å². The number of sulfonamides is 1. The number of aryl methyl sites for hydroxylation is 1. The summed E-state index contributed by atoms with van der Waals surface area (Å²) in [6, 6.07) is 7.32. The molecule has 0 saturated heterocycles. The quantitative estimate of drug-likeness (QED) is 0.361. The molecule has 4 bridgehead atoms. The highest BCUT2D eigenvalue weighted by molar-refractivity contribution is 7.91. The summed E-state index contributed by atoms with van der Waals surface area (Å²) in [7, 11) is -3.83. The predicted molar refractivity (Wildman–Crippen MR) is 189 cm³/mol. The summed E-state index contributed by atoms with van der Waals surface area (Å²) in [5.41, 5.74) is -0.236. The lowest BCUT2D eigenvalue weighted by Gasteiger charge is -2.32. The first-order chi connectivity index (χ1) is 24.6. The predicted octanol–water partition coefficient (Wildman–Crippen LogP) is 4.87. The maximum absolute atomic E-state index is 14.7. The molecule has 2 aromatic rings. The molecule has 5 aliphatic rings. The number of ether oxygens (including phenoxy) is 2. The van der Waals surface area contributed by atoms with E-state index in [4.69, 9.17) is 9.47 Å². The molecule has 13 heteroatoms. The van der Waals surface area contributed by atoms with Gasteiger partial charge in [-0.05, 0) is 106 Å². The van der Waals surface area contributed by atoms with E-state index in [1.54, 1.807) is 6.20 Å². The molecule has 2 heterocycles. The molecule has 3 amide bonds. The number of amides is 3. The van der Waals surface area contributed by atoms with Crippen LogP contribution in [0.5, 0.6) is 5.88 Å². The van der Waals surface area contributed by atoms with Gasteiger partial charge in [0.25, 0.3) is 5.91 Å². The molecule has 51 heavy (non-hydrogen) atoms. The van der Waals surface area contributed by atoms with E-state index in [1.165, 1.54) is 0 Å². The molecule has 276 valence electrons. The fraction of sp³-hybridized carbons (Fsp3) is 0.658. The number of cyclic esters (lactones) is 1. The molecule has 2 unspecified atom stereocenters. The minimum absolute atomic E-state index is 0.0936. The Balaban J connectivity index is 1.20. The summed E-state index contributed by atoms with van der Waals surface area (Å²) < 4.78 is 39.8. The third-order valence-corrected chi connectivity index (χ3v) is 13.7. The lowest BCUT2D eigenvalue weighted by molar-refractivity contribution is -0.136. The molecule has 12 nitrogen and oxygen atoms in total. The number of benzene rings is 1. The smallest absolute Gasteiger partial charge is 0.407 e. The van der Waals surface area contributed by atoms with Crippen LogP contribution in [0.2, 0.25) is 0 Å². The van der Waals surface area contributed by atoms with Crippen LogP contribution in [0.15, 0.2) is 30.5 Å². The van der Waals surface area contributed by atoms with E-state index >= 15 is 0 Å². The third kappa shape index (κ3) is 7.73. The van der Waals surface area contributed by atoms with E-state index in [0.717, 1.165) is 67.7 Å². The van der Waals surface area contributed by atoms with E-state index in [1.807, 2.05) is 19.1 Å². The van der Waals surface area contributed by atoms with E-state index in [2.05, 4.69) is 32.5 Å². The Morgan fingerprint density at radius 1 is 1.00 bits per heavy atom. The zero-order valence-electron chi connectivity index (χ0n) is 29.4. The van der Waals surface area contributed by atoms with Crippen LogP contribution in [0.25, 0.3) is 10.8 Å². The highest BCUT2D eigenvalue weighted by atomic mass is 32.2. The van der Waals surface area contributed by atoms with Gasteiger partial charge in [0.15, 0.2) is 5.78 Å². The number of hydrogen-bond acceptors (Lipinski definition) is 9. The summed E-state index contributed by atoms with van der Waals surface area (Å²) in [4.78, 5) is 60.4. The summed E-state index contributed by atoms with van der Waals surface area (Å²) in [6.45, 7) is 2.14. The van der Waals surface area contributed by atoms with Crippen molar-refractivity contribution in [2.24, 2.45) is 23.7 Å². The average molecular weight is 723 g/mol. The van der Waals surface area contributed by atoms with Crippen LogP contribution in [-0.4, -0.2) is 66.6 Å². The van der Waals surface area contributed by atoms with Crippen molar-refractivity contribution < 1.29 is 37.1 Å². The molecule has 1 aliphatic heterocycles. The number of ketones is 1. The number of carbonyl (C=O) groups is 4. The molecule has 4 aliphatic carbocycles. The van der Waals surface area contributed by atoms with Crippen LogP contribution >= 0.6 is 0 Å². The number of pyridine rings is 1. The second-order valence-electron chi connectivity index (χ2n) is 15.4. The molecular formula is C38H50N4O8S. The summed E-state index contributed by atoms with van der Waals surface area (Å²) >= 11 is 0. The van der Waals surface area contributed by atoms with Crippen LogP contribution in [0.1, 0.15) is 102 Å². The second-order valence-corrected chi connectivity index (χ2v) is 17.4. The second kappa shape index (κ2) is 14.7. The number of nitrogens with one attached hydrogen (secondary N) is 3. The largest absolute Gasteiger partial charge is 0.474 e. The minimum atomic E-state index is -3.83. The van der Waals surface area contributed by atoms with Crippen molar-refractivity contribution in [3.8, 4) is 5.88 Å². The van der Waals surface area contributed by atoms with Gasteiger partial charge in [-0.25, -0.2) is 18.2 Å². The van der Waals surface area contributed by atoms with E-state index in [-0.39, 0.29) is 37.1 Å². The van der Waals surface area contributed by atoms with Crippen LogP contribution < -0.4 is 20.1 Å². The molecule has 4 fully saturated rings. The number of aromatic nitrogens is 1. The SMILES string of the molecule is CC[C@@H]1C[C@]1(NC(=O)C1C[C@@H]2CC1C(=O)[C@H](C1CCCCC1)NC(=O)OCCCCCc1ccc3ccnc(c3c1)O2)C(=O)NS(=O)(=O)C1CC1. The van der Waals surface area contributed by atoms with Crippen LogP contribution in [0, 0.1) is 23.7 Å². The Bertz CT molecular complexity index is 1770. The van der Waals surface area contributed by atoms with Crippen molar-refractivity contribution in [2.45, 2.75) is 126 Å². The highest BCUT2D eigenvalue weighted by Crippen LogP contribution is 2.48. The van der Waals surface area contributed by atoms with Gasteiger partial charge in [-0.2, -0.15) is 0 Å². The molecule has 4 saturated carbocycles. The Kier molecular flexibility index (Phi) is 10.3. The Morgan fingerprint density at radius 3 is 2.53 bits per heavy atom. The van der Waals surface area contributed by atoms with Crippen LogP contribution in [0.4, 0.5) is 4.79 Å². The van der Waals surface area contributed by atoms with Gasteiger partial charge >= 0.3 is 6.09 Å². The van der Waals surface area contributed by atoms with E-state index in [9.17, 15) is 27.6 Å². The van der Waals surface area contributed by atoms with Crippen molar-refractivity contribution in [3.63, 3.8) is 0 Å². The standard InChI is InChI=1S/C38H50N4O8S/c1-2-26-22-38(26,36(45)42-51(47,48)28-14-15-28)41-34(44)31-21-27-20-30(31)33(43)32(25-10-6-3-7-11-25)40-37(46)49-18-8-4-5-9-23-12-13-24-16-17-39-35(50-27)29(24)19-23/h12-13,16-17,19,25-28,30-32H,2-11,14-15,18,20-22H2,1H3,(H,40,46)(H,41,44)(H,42,45)/t26-,27+,30?,31?,32+,38-/m1/s1. The van der Waals surface area contributed by atoms with E-state index < -0.39 is 62.7 Å². The number of nitrogens with zero attached hydrogens (tertiary/aromatic N) is 1.